The topological polar surface area (TPSA) is 44.4 Å². The summed E-state index contributed by atoms with van der Waals surface area (Å²) in [6, 6.07) is 0.572. The highest BCUT2D eigenvalue weighted by atomic mass is 16.1. The van der Waals surface area contributed by atoms with Crippen molar-refractivity contribution in [2.45, 2.75) is 26.3 Å². The minimum atomic E-state index is 0.0692. The Balaban J connectivity index is 3.33. The maximum absolute atomic E-state index is 11.0. The fourth-order valence-electron chi connectivity index (χ4n) is 1.04. The lowest BCUT2D eigenvalue weighted by Crippen LogP contribution is -2.35. The van der Waals surface area contributed by atoms with Crippen molar-refractivity contribution < 1.29 is 4.79 Å². The average molecular weight is 201 g/mol. The van der Waals surface area contributed by atoms with Crippen molar-refractivity contribution in [3.8, 4) is 0 Å². The second-order valence-electron chi connectivity index (χ2n) is 3.81. The van der Waals surface area contributed by atoms with E-state index in [1.165, 1.54) is 0 Å². The Bertz CT molecular complexity index is 159. The summed E-state index contributed by atoms with van der Waals surface area (Å²) in [5.41, 5.74) is 0. The van der Waals surface area contributed by atoms with E-state index >= 15 is 0 Å². The van der Waals surface area contributed by atoms with Gasteiger partial charge in [-0.2, -0.15) is 0 Å². The summed E-state index contributed by atoms with van der Waals surface area (Å²) in [6.07, 6.45) is 1.00. The van der Waals surface area contributed by atoms with E-state index in [4.69, 9.17) is 0 Å². The van der Waals surface area contributed by atoms with Gasteiger partial charge in [0.15, 0.2) is 0 Å². The van der Waals surface area contributed by atoms with Crippen LogP contribution in [0.3, 0.4) is 0 Å². The van der Waals surface area contributed by atoms with Crippen LogP contribution in [0.15, 0.2) is 0 Å². The largest absolute Gasteiger partial charge is 0.355 e. The Morgan fingerprint density at radius 2 is 2.07 bits per heavy atom. The van der Waals surface area contributed by atoms with E-state index in [1.54, 1.807) is 7.05 Å². The maximum Gasteiger partial charge on any atom is 0.233 e. The third-order valence-corrected chi connectivity index (χ3v) is 2.23. The normalized spacial score (nSPS) is 11.0. The summed E-state index contributed by atoms with van der Waals surface area (Å²) in [4.78, 5) is 13.3. The van der Waals surface area contributed by atoms with Crippen molar-refractivity contribution in [1.82, 2.24) is 15.5 Å². The van der Waals surface area contributed by atoms with Crippen molar-refractivity contribution in [2.24, 2.45) is 0 Å². The van der Waals surface area contributed by atoms with Gasteiger partial charge in [0, 0.05) is 12.6 Å². The number of carbonyl (C=O) groups is 1. The number of nitrogens with one attached hydrogen (secondary N) is 2. The van der Waals surface area contributed by atoms with Crippen LogP contribution >= 0.6 is 0 Å². The van der Waals surface area contributed by atoms with Gasteiger partial charge in [-0.15, -0.1) is 0 Å². The molecular formula is C10H23N3O. The molecule has 0 aliphatic carbocycles. The highest BCUT2D eigenvalue weighted by Gasteiger charge is 2.02. The lowest BCUT2D eigenvalue weighted by molar-refractivity contribution is -0.120. The van der Waals surface area contributed by atoms with Gasteiger partial charge in [-0.1, -0.05) is 0 Å². The first kappa shape index (κ1) is 13.4. The Hall–Kier alpha value is -0.610. The van der Waals surface area contributed by atoms with Crippen molar-refractivity contribution in [3.63, 3.8) is 0 Å². The zero-order valence-corrected chi connectivity index (χ0v) is 9.76. The molecule has 4 heteroatoms. The summed E-state index contributed by atoms with van der Waals surface area (Å²) in [5.74, 6) is 0.0692. The van der Waals surface area contributed by atoms with Crippen molar-refractivity contribution in [2.75, 3.05) is 33.7 Å². The minimum Gasteiger partial charge on any atom is -0.355 e. The number of carbonyl (C=O) groups excluding carboxylic acids is 1. The van der Waals surface area contributed by atoms with Gasteiger partial charge < -0.3 is 15.5 Å². The fourth-order valence-corrected chi connectivity index (χ4v) is 1.04. The number of amides is 1. The smallest absolute Gasteiger partial charge is 0.233 e. The van der Waals surface area contributed by atoms with E-state index in [0.717, 1.165) is 19.5 Å². The van der Waals surface area contributed by atoms with E-state index < -0.39 is 0 Å². The van der Waals surface area contributed by atoms with Crippen LogP contribution in [0.5, 0.6) is 0 Å². The lowest BCUT2D eigenvalue weighted by atomic mass is 10.3. The van der Waals surface area contributed by atoms with Crippen LogP contribution in [0.1, 0.15) is 20.3 Å². The molecule has 0 aliphatic heterocycles. The molecule has 0 bridgehead atoms. The quantitative estimate of drug-likeness (QED) is 0.572. The van der Waals surface area contributed by atoms with E-state index in [9.17, 15) is 4.79 Å². The van der Waals surface area contributed by atoms with Gasteiger partial charge in [-0.05, 0) is 40.9 Å². The van der Waals surface area contributed by atoms with Crippen molar-refractivity contribution >= 4 is 5.91 Å². The van der Waals surface area contributed by atoms with Crippen LogP contribution < -0.4 is 10.6 Å². The molecule has 0 saturated heterocycles. The zero-order chi connectivity index (χ0) is 11.0. The highest BCUT2D eigenvalue weighted by Crippen LogP contribution is 1.93. The molecule has 0 heterocycles. The van der Waals surface area contributed by atoms with Crippen molar-refractivity contribution in [1.29, 1.82) is 0 Å². The molecule has 0 aromatic heterocycles. The predicted octanol–water partition coefficient (Wildman–Crippen LogP) is 0.0523. The van der Waals surface area contributed by atoms with Gasteiger partial charge in [0.1, 0.15) is 0 Å². The third-order valence-electron chi connectivity index (χ3n) is 2.23. The number of nitrogens with zero attached hydrogens (tertiary/aromatic N) is 1. The van der Waals surface area contributed by atoms with E-state index in [1.807, 2.05) is 0 Å². The van der Waals surface area contributed by atoms with Gasteiger partial charge in [0.05, 0.1) is 6.54 Å². The molecule has 0 aliphatic rings. The molecule has 0 aromatic rings. The summed E-state index contributed by atoms with van der Waals surface area (Å²) < 4.78 is 0. The molecule has 0 rings (SSSR count). The third kappa shape index (κ3) is 6.86. The van der Waals surface area contributed by atoms with Crippen LogP contribution in [-0.4, -0.2) is 50.6 Å². The van der Waals surface area contributed by atoms with Gasteiger partial charge in [0.25, 0.3) is 0 Å². The second kappa shape index (κ2) is 7.76. The number of likely N-dealkylation sites (N-methyl/N-ethyl adjacent to an activating group) is 1. The zero-order valence-electron chi connectivity index (χ0n) is 9.76. The Morgan fingerprint density at radius 3 is 2.57 bits per heavy atom. The molecule has 1 amide bonds. The molecule has 0 saturated carbocycles. The van der Waals surface area contributed by atoms with Crippen LogP contribution in [0.2, 0.25) is 0 Å². The first-order valence-corrected chi connectivity index (χ1v) is 5.19. The van der Waals surface area contributed by atoms with Gasteiger partial charge in [0.2, 0.25) is 5.91 Å². The fraction of sp³-hybridized carbons (Fsp3) is 0.900. The van der Waals surface area contributed by atoms with Crippen LogP contribution in [0.25, 0.3) is 0 Å². The van der Waals surface area contributed by atoms with Gasteiger partial charge >= 0.3 is 0 Å². The van der Waals surface area contributed by atoms with Gasteiger partial charge in [-0.3, -0.25) is 4.79 Å². The second-order valence-corrected chi connectivity index (χ2v) is 3.81. The van der Waals surface area contributed by atoms with Gasteiger partial charge in [-0.25, -0.2) is 0 Å². The Kier molecular flexibility index (Phi) is 7.42. The van der Waals surface area contributed by atoms with Crippen molar-refractivity contribution in [3.05, 3.63) is 0 Å². The summed E-state index contributed by atoms with van der Waals surface area (Å²) >= 11 is 0. The van der Waals surface area contributed by atoms with Crippen LogP contribution in [0.4, 0.5) is 0 Å². The molecule has 0 radical (unpaired) electrons. The first-order chi connectivity index (χ1) is 6.57. The number of hydrogen-bond donors (Lipinski definition) is 2. The molecule has 0 fully saturated rings. The standard InChI is InChI=1S/C10H23N3O/c1-9(2)13(4)7-5-6-12-10(14)8-11-3/h9,11H,5-8H2,1-4H3,(H,12,14). The van der Waals surface area contributed by atoms with Crippen LogP contribution in [0, 0.1) is 0 Å². The lowest BCUT2D eigenvalue weighted by Gasteiger charge is -2.20. The molecule has 14 heavy (non-hydrogen) atoms. The summed E-state index contributed by atoms with van der Waals surface area (Å²) in [7, 11) is 3.87. The SMILES string of the molecule is CNCC(=O)NCCCN(C)C(C)C. The molecular weight excluding hydrogens is 178 g/mol. The maximum atomic E-state index is 11.0. The highest BCUT2D eigenvalue weighted by molar-refractivity contribution is 5.77. The molecule has 0 unspecified atom stereocenters. The number of hydrogen-bond acceptors (Lipinski definition) is 3. The first-order valence-electron chi connectivity index (χ1n) is 5.19. The van der Waals surface area contributed by atoms with E-state index in [-0.39, 0.29) is 5.91 Å². The Morgan fingerprint density at radius 1 is 1.43 bits per heavy atom. The Labute approximate surface area is 87.0 Å². The van der Waals surface area contributed by atoms with Crippen LogP contribution in [-0.2, 0) is 4.79 Å². The minimum absolute atomic E-state index is 0.0692. The molecule has 2 N–H and O–H groups in total. The van der Waals surface area contributed by atoms with E-state index in [0.29, 0.717) is 12.6 Å². The molecule has 0 atom stereocenters. The molecule has 0 aromatic carbocycles. The monoisotopic (exact) mass is 201 g/mol. The average Bonchev–Trinajstić information content (AvgIpc) is 2.12. The van der Waals surface area contributed by atoms with E-state index in [2.05, 4.69) is 36.4 Å². The molecule has 0 spiro atoms. The molecule has 84 valence electrons. The summed E-state index contributed by atoms with van der Waals surface area (Å²) in [5, 5.41) is 5.66. The predicted molar refractivity (Wildman–Crippen MR) is 59.3 cm³/mol. The summed E-state index contributed by atoms with van der Waals surface area (Å²) in [6.45, 7) is 6.52. The number of rotatable bonds is 7. The molecule has 4 nitrogen and oxygen atoms in total.